The molecule has 0 amide bonds. The molecule has 0 bridgehead atoms. The van der Waals surface area contributed by atoms with Gasteiger partial charge in [0.1, 0.15) is 6.61 Å². The number of unbranched alkanes of at least 4 members (excludes halogenated alkanes) is 33. The highest BCUT2D eigenvalue weighted by Crippen LogP contribution is 2.43. The molecule has 0 fully saturated rings. The number of allylic oxidation sites excluding steroid dienone is 18. The Labute approximate surface area is 511 Å². The van der Waals surface area contributed by atoms with E-state index in [4.69, 9.17) is 24.3 Å². The molecule has 0 aromatic heterocycles. The maximum Gasteiger partial charge on any atom is 0.472 e. The zero-order valence-corrected chi connectivity index (χ0v) is 54.5. The van der Waals surface area contributed by atoms with Crippen molar-refractivity contribution in [3.63, 3.8) is 0 Å². The molecule has 0 aliphatic rings. The number of hydrogen-bond donors (Lipinski definition) is 2. The summed E-state index contributed by atoms with van der Waals surface area (Å²) >= 11 is 0. The Morgan fingerprint density at radius 3 is 0.988 bits per heavy atom. The minimum atomic E-state index is -4.40. The van der Waals surface area contributed by atoms with E-state index in [2.05, 4.69) is 123 Å². The van der Waals surface area contributed by atoms with Crippen LogP contribution in [0.15, 0.2) is 109 Å². The summed E-state index contributed by atoms with van der Waals surface area (Å²) in [6, 6.07) is 0. The first kappa shape index (κ1) is 79.7. The predicted molar refractivity (Wildman–Crippen MR) is 358 cm³/mol. The molecule has 0 aromatic rings. The molecule has 2 atom stereocenters. The first-order valence-electron chi connectivity index (χ1n) is 34.4. The monoisotopic (exact) mass is 1180 g/mol. The minimum absolute atomic E-state index is 0.0497. The molecule has 0 heterocycles. The average molecular weight is 1180 g/mol. The lowest BCUT2D eigenvalue weighted by Gasteiger charge is -2.19. The van der Waals surface area contributed by atoms with Gasteiger partial charge in [-0.05, 0) is 103 Å². The maximum atomic E-state index is 12.8. The van der Waals surface area contributed by atoms with E-state index in [0.717, 1.165) is 89.9 Å². The molecule has 0 saturated carbocycles. The molecule has 2 unspecified atom stereocenters. The van der Waals surface area contributed by atoms with Crippen LogP contribution in [-0.2, 0) is 32.7 Å². The summed E-state index contributed by atoms with van der Waals surface area (Å²) in [5.74, 6) is -0.825. The molecule has 478 valence electrons. The number of carbonyl (C=O) groups is 2. The lowest BCUT2D eigenvalue weighted by Crippen LogP contribution is -2.29. The smallest absolute Gasteiger partial charge is 0.462 e. The van der Waals surface area contributed by atoms with Crippen LogP contribution in [0.1, 0.15) is 309 Å². The molecule has 0 aliphatic carbocycles. The molecule has 3 N–H and O–H groups in total. The Morgan fingerprint density at radius 2 is 0.663 bits per heavy atom. The van der Waals surface area contributed by atoms with Crippen LogP contribution in [0.25, 0.3) is 0 Å². The number of hydrogen-bond acceptors (Lipinski definition) is 8. The fourth-order valence-electron chi connectivity index (χ4n) is 9.59. The van der Waals surface area contributed by atoms with Crippen LogP contribution in [0.2, 0.25) is 0 Å². The number of phosphoric ester groups is 1. The topological polar surface area (TPSA) is 134 Å². The normalized spacial score (nSPS) is 13.6. The zero-order chi connectivity index (χ0) is 60.1. The van der Waals surface area contributed by atoms with Gasteiger partial charge in [0.25, 0.3) is 0 Å². The fourth-order valence-corrected chi connectivity index (χ4v) is 10.4. The van der Waals surface area contributed by atoms with Crippen molar-refractivity contribution in [2.75, 3.05) is 26.4 Å². The van der Waals surface area contributed by atoms with E-state index >= 15 is 0 Å². The minimum Gasteiger partial charge on any atom is -0.462 e. The number of esters is 2. The third-order valence-corrected chi connectivity index (χ3v) is 15.6. The second kappa shape index (κ2) is 67.8. The van der Waals surface area contributed by atoms with Crippen molar-refractivity contribution in [1.82, 2.24) is 0 Å². The summed E-state index contributed by atoms with van der Waals surface area (Å²) in [6.07, 6.45) is 93.1. The standard InChI is InChI=1S/C73H128NO8P/c1-3-5-7-9-11-13-15-17-19-21-23-25-27-29-31-33-35-37-39-41-43-45-47-49-51-53-55-57-59-61-63-65-72(75)79-69-71(70-81-83(77,78)80-68-67-74)82-73(76)66-64-62-60-58-56-54-52-50-48-46-44-42-40-38-36-34-32-30-28-26-24-22-20-18-16-14-12-10-8-6-4-2/h6,8,12,14-15,17-18,20-21,23-24,26-27,29-30,32,36,38,71H,3-5,7,9-11,13,16,19,22,25,28,31,33-35,37,39-70,74H2,1-2H3,(H,77,78)/b8-6-,14-12-,17-15-,20-18-,23-21-,26-24-,29-27-,32-30-,38-36-. The van der Waals surface area contributed by atoms with E-state index in [-0.39, 0.29) is 38.6 Å². The summed E-state index contributed by atoms with van der Waals surface area (Å²) in [6.45, 7) is 3.64. The Balaban J connectivity index is 3.91. The molecule has 0 spiro atoms. The second-order valence-corrected chi connectivity index (χ2v) is 24.1. The van der Waals surface area contributed by atoms with Crippen LogP contribution >= 0.6 is 7.82 Å². The van der Waals surface area contributed by atoms with Gasteiger partial charge < -0.3 is 20.1 Å². The Morgan fingerprint density at radius 1 is 0.373 bits per heavy atom. The molecular formula is C73H128NO8P. The van der Waals surface area contributed by atoms with E-state index in [1.54, 1.807) is 0 Å². The molecule has 0 rings (SSSR count). The van der Waals surface area contributed by atoms with Gasteiger partial charge in [-0.15, -0.1) is 0 Å². The van der Waals surface area contributed by atoms with E-state index in [1.807, 2.05) is 0 Å². The molecule has 0 aromatic carbocycles. The molecule has 10 heteroatoms. The van der Waals surface area contributed by atoms with Gasteiger partial charge in [0.2, 0.25) is 0 Å². The van der Waals surface area contributed by atoms with Gasteiger partial charge in [-0.1, -0.05) is 303 Å². The third-order valence-electron chi connectivity index (χ3n) is 14.6. The number of carbonyl (C=O) groups excluding carboxylic acids is 2. The van der Waals surface area contributed by atoms with Crippen LogP contribution in [0.5, 0.6) is 0 Å². The number of rotatable bonds is 64. The summed E-state index contributed by atoms with van der Waals surface area (Å²) in [5.41, 5.74) is 5.40. The van der Waals surface area contributed by atoms with Crippen LogP contribution in [0.4, 0.5) is 0 Å². The van der Waals surface area contributed by atoms with E-state index in [0.29, 0.717) is 6.42 Å². The van der Waals surface area contributed by atoms with Crippen molar-refractivity contribution in [2.24, 2.45) is 5.73 Å². The number of nitrogens with two attached hydrogens (primary N) is 1. The fraction of sp³-hybridized carbons (Fsp3) is 0.726. The van der Waals surface area contributed by atoms with Crippen LogP contribution in [0, 0.1) is 0 Å². The van der Waals surface area contributed by atoms with Gasteiger partial charge in [-0.2, -0.15) is 0 Å². The Bertz CT molecular complexity index is 1730. The lowest BCUT2D eigenvalue weighted by atomic mass is 10.0. The van der Waals surface area contributed by atoms with Crippen molar-refractivity contribution in [1.29, 1.82) is 0 Å². The molecule has 0 radical (unpaired) electrons. The van der Waals surface area contributed by atoms with Gasteiger partial charge in [0, 0.05) is 19.4 Å². The first-order chi connectivity index (χ1) is 40.8. The van der Waals surface area contributed by atoms with Crippen LogP contribution < -0.4 is 5.73 Å². The van der Waals surface area contributed by atoms with Gasteiger partial charge >= 0.3 is 19.8 Å². The van der Waals surface area contributed by atoms with Crippen molar-refractivity contribution < 1.29 is 37.6 Å². The van der Waals surface area contributed by atoms with Gasteiger partial charge in [-0.25, -0.2) is 4.57 Å². The molecule has 0 saturated heterocycles. The molecule has 83 heavy (non-hydrogen) atoms. The van der Waals surface area contributed by atoms with E-state index in [1.165, 1.54) is 186 Å². The van der Waals surface area contributed by atoms with Gasteiger partial charge in [-0.3, -0.25) is 18.6 Å². The number of ether oxygens (including phenoxy) is 2. The first-order valence-corrected chi connectivity index (χ1v) is 35.9. The van der Waals surface area contributed by atoms with Gasteiger partial charge in [0.05, 0.1) is 13.2 Å². The van der Waals surface area contributed by atoms with Gasteiger partial charge in [0.15, 0.2) is 6.10 Å². The highest BCUT2D eigenvalue weighted by molar-refractivity contribution is 7.47. The van der Waals surface area contributed by atoms with E-state index in [9.17, 15) is 19.0 Å². The lowest BCUT2D eigenvalue weighted by molar-refractivity contribution is -0.161. The summed E-state index contributed by atoms with van der Waals surface area (Å²) in [5, 5.41) is 0. The summed E-state index contributed by atoms with van der Waals surface area (Å²) in [7, 11) is -4.40. The molecule has 0 aliphatic heterocycles. The SMILES string of the molecule is CC/C=C\C/C=C\C/C=C\C/C=C\C/C=C\C/C=C\CCCCCCCCCCCCCCC(=O)OC(COC(=O)CCCCCCCCCCCCCCCCCC/C=C\C/C=C\C/C=C\CCCCCCC)COP(=O)(O)OCCN. The van der Waals surface area contributed by atoms with Crippen molar-refractivity contribution in [3.8, 4) is 0 Å². The Hall–Kier alpha value is -3.33. The van der Waals surface area contributed by atoms with E-state index < -0.39 is 26.5 Å². The van der Waals surface area contributed by atoms with Crippen LogP contribution in [-0.4, -0.2) is 49.3 Å². The average Bonchev–Trinajstić information content (AvgIpc) is 3.48. The van der Waals surface area contributed by atoms with Crippen LogP contribution in [0.3, 0.4) is 0 Å². The predicted octanol–water partition coefficient (Wildman–Crippen LogP) is 22.5. The number of phosphoric acid groups is 1. The second-order valence-electron chi connectivity index (χ2n) is 22.7. The highest BCUT2D eigenvalue weighted by atomic mass is 31.2. The highest BCUT2D eigenvalue weighted by Gasteiger charge is 2.26. The largest absolute Gasteiger partial charge is 0.472 e. The maximum absolute atomic E-state index is 12.8. The third kappa shape index (κ3) is 67.7. The van der Waals surface area contributed by atoms with Crippen molar-refractivity contribution in [2.45, 2.75) is 315 Å². The Kier molecular flexibility index (Phi) is 65.1. The van der Waals surface area contributed by atoms with Crippen molar-refractivity contribution in [3.05, 3.63) is 109 Å². The van der Waals surface area contributed by atoms with Crippen molar-refractivity contribution >= 4 is 19.8 Å². The summed E-state index contributed by atoms with van der Waals surface area (Å²) < 4.78 is 33.2. The quantitative estimate of drug-likeness (QED) is 0.0264. The molecular weight excluding hydrogens is 1050 g/mol. The zero-order valence-electron chi connectivity index (χ0n) is 53.7. The molecule has 9 nitrogen and oxygen atoms in total. The summed E-state index contributed by atoms with van der Waals surface area (Å²) in [4.78, 5) is 35.4.